The molecule has 1 N–H and O–H groups in total. The van der Waals surface area contributed by atoms with Crippen LogP contribution < -0.4 is 5.32 Å². The Morgan fingerprint density at radius 2 is 1.93 bits per heavy atom. The fourth-order valence-electron chi connectivity index (χ4n) is 2.89. The number of nitrogens with one attached hydrogen (secondary N) is 1. The molecule has 0 aliphatic heterocycles. The van der Waals surface area contributed by atoms with E-state index < -0.39 is 17.8 Å². The Morgan fingerprint density at radius 3 is 2.62 bits per heavy atom. The van der Waals surface area contributed by atoms with E-state index in [2.05, 4.69) is 15.4 Å². The van der Waals surface area contributed by atoms with Gasteiger partial charge in [-0.2, -0.15) is 18.3 Å². The molecule has 0 atom stereocenters. The number of halogens is 3. The first-order chi connectivity index (χ1) is 13.7. The average molecular weight is 416 g/mol. The number of carbonyl (C=O) groups excluding carboxylic acids is 1. The van der Waals surface area contributed by atoms with Crippen LogP contribution in [0.1, 0.15) is 27.3 Å². The van der Waals surface area contributed by atoms with Crippen molar-refractivity contribution in [1.82, 2.24) is 14.6 Å². The van der Waals surface area contributed by atoms with E-state index in [4.69, 9.17) is 0 Å². The van der Waals surface area contributed by atoms with Gasteiger partial charge in [-0.05, 0) is 48.6 Å². The Labute approximate surface area is 167 Å². The molecule has 0 spiro atoms. The third-order valence-corrected chi connectivity index (χ3v) is 5.26. The molecular weight excluding hydrogens is 401 g/mol. The van der Waals surface area contributed by atoms with Gasteiger partial charge in [0.2, 0.25) is 0 Å². The highest BCUT2D eigenvalue weighted by Crippen LogP contribution is 2.33. The molecule has 1 aromatic carbocycles. The van der Waals surface area contributed by atoms with Gasteiger partial charge in [-0.1, -0.05) is 18.2 Å². The van der Waals surface area contributed by atoms with Crippen molar-refractivity contribution in [2.24, 2.45) is 0 Å². The number of thiophene rings is 1. The van der Waals surface area contributed by atoms with Crippen LogP contribution in [0.5, 0.6) is 0 Å². The maximum Gasteiger partial charge on any atom is 0.433 e. The zero-order chi connectivity index (χ0) is 20.8. The molecule has 4 aromatic rings. The molecular formula is C20H15F3N4OS. The van der Waals surface area contributed by atoms with Gasteiger partial charge in [0.15, 0.2) is 17.0 Å². The molecule has 0 bridgehead atoms. The summed E-state index contributed by atoms with van der Waals surface area (Å²) in [6.45, 7) is 3.71. The molecule has 0 aliphatic rings. The number of nitrogens with zero attached hydrogens (tertiary/aromatic N) is 3. The van der Waals surface area contributed by atoms with E-state index in [9.17, 15) is 18.0 Å². The highest BCUT2D eigenvalue weighted by atomic mass is 32.1. The number of fused-ring (bicyclic) bond motifs is 1. The minimum atomic E-state index is -4.65. The van der Waals surface area contributed by atoms with Gasteiger partial charge in [0, 0.05) is 11.8 Å². The Hall–Kier alpha value is -3.20. The second-order valence-electron chi connectivity index (χ2n) is 6.57. The second kappa shape index (κ2) is 7.00. The number of carbonyl (C=O) groups is 1. The Balaban J connectivity index is 1.78. The topological polar surface area (TPSA) is 59.3 Å². The molecule has 9 heteroatoms. The molecule has 1 amide bonds. The van der Waals surface area contributed by atoms with E-state index in [0.717, 1.165) is 17.2 Å². The van der Waals surface area contributed by atoms with Crippen molar-refractivity contribution in [1.29, 1.82) is 0 Å². The lowest BCUT2D eigenvalue weighted by molar-refractivity contribution is -0.142. The SMILES string of the molecule is Cc1ccc(C)c(NC(=O)c2cc3nc(-c4cccs4)cc(C(F)(F)F)n3n2)c1. The van der Waals surface area contributed by atoms with Crippen LogP contribution in [0.4, 0.5) is 18.9 Å². The summed E-state index contributed by atoms with van der Waals surface area (Å²) in [5.74, 6) is -0.602. The number of hydrogen-bond acceptors (Lipinski definition) is 4. The maximum atomic E-state index is 13.6. The van der Waals surface area contributed by atoms with Gasteiger partial charge in [-0.25, -0.2) is 9.50 Å². The average Bonchev–Trinajstić information content (AvgIpc) is 3.32. The number of amides is 1. The van der Waals surface area contributed by atoms with Gasteiger partial charge in [0.25, 0.3) is 5.91 Å². The van der Waals surface area contributed by atoms with Crippen molar-refractivity contribution in [3.63, 3.8) is 0 Å². The summed E-state index contributed by atoms with van der Waals surface area (Å²) in [6, 6.07) is 11.2. The molecule has 29 heavy (non-hydrogen) atoms. The number of rotatable bonds is 3. The minimum Gasteiger partial charge on any atom is -0.320 e. The highest BCUT2D eigenvalue weighted by Gasteiger charge is 2.35. The smallest absolute Gasteiger partial charge is 0.320 e. The third kappa shape index (κ3) is 3.73. The molecule has 0 saturated heterocycles. The first-order valence-corrected chi connectivity index (χ1v) is 9.51. The summed E-state index contributed by atoms with van der Waals surface area (Å²) < 4.78 is 41.5. The van der Waals surface area contributed by atoms with Crippen LogP contribution >= 0.6 is 11.3 Å². The Morgan fingerprint density at radius 1 is 1.14 bits per heavy atom. The first-order valence-electron chi connectivity index (χ1n) is 8.63. The van der Waals surface area contributed by atoms with Gasteiger partial charge in [-0.15, -0.1) is 11.3 Å². The minimum absolute atomic E-state index is 0.0469. The van der Waals surface area contributed by atoms with Gasteiger partial charge in [0.05, 0.1) is 10.6 Å². The lowest BCUT2D eigenvalue weighted by Crippen LogP contribution is -2.16. The largest absolute Gasteiger partial charge is 0.433 e. The Bertz CT molecular complexity index is 1210. The number of alkyl halides is 3. The number of hydrogen-bond donors (Lipinski definition) is 1. The summed E-state index contributed by atoms with van der Waals surface area (Å²) in [6.07, 6.45) is -4.65. The molecule has 4 rings (SSSR count). The number of aryl methyl sites for hydroxylation is 2. The van der Waals surface area contributed by atoms with E-state index >= 15 is 0 Å². The molecule has 3 aromatic heterocycles. The molecule has 148 valence electrons. The molecule has 0 unspecified atom stereocenters. The van der Waals surface area contributed by atoms with Crippen molar-refractivity contribution in [2.45, 2.75) is 20.0 Å². The predicted octanol–water partition coefficient (Wildman–Crippen LogP) is 5.35. The molecule has 3 heterocycles. The zero-order valence-electron chi connectivity index (χ0n) is 15.4. The fraction of sp³-hybridized carbons (Fsp3) is 0.150. The van der Waals surface area contributed by atoms with Crippen molar-refractivity contribution in [3.05, 3.63) is 70.4 Å². The van der Waals surface area contributed by atoms with E-state index in [0.29, 0.717) is 15.1 Å². The lowest BCUT2D eigenvalue weighted by Gasteiger charge is -2.10. The van der Waals surface area contributed by atoms with Gasteiger partial charge in [0.1, 0.15) is 0 Å². The maximum absolute atomic E-state index is 13.6. The molecule has 0 radical (unpaired) electrons. The molecule has 0 aliphatic carbocycles. The van der Waals surface area contributed by atoms with Gasteiger partial charge < -0.3 is 5.32 Å². The van der Waals surface area contributed by atoms with Crippen LogP contribution in [0.2, 0.25) is 0 Å². The van der Waals surface area contributed by atoms with E-state index in [1.807, 2.05) is 26.0 Å². The van der Waals surface area contributed by atoms with Crippen LogP contribution in [0.15, 0.2) is 47.8 Å². The first kappa shape index (κ1) is 19.1. The fourth-order valence-corrected chi connectivity index (χ4v) is 3.58. The molecule has 0 fully saturated rings. The predicted molar refractivity (Wildman–Crippen MR) is 105 cm³/mol. The monoisotopic (exact) mass is 416 g/mol. The van der Waals surface area contributed by atoms with Crippen molar-refractivity contribution in [2.75, 3.05) is 5.32 Å². The number of benzene rings is 1. The summed E-state index contributed by atoms with van der Waals surface area (Å²) in [5.41, 5.74) is 1.36. The van der Waals surface area contributed by atoms with Gasteiger partial charge >= 0.3 is 6.18 Å². The number of anilines is 1. The van der Waals surface area contributed by atoms with Crippen LogP contribution in [-0.2, 0) is 6.18 Å². The molecule has 0 saturated carbocycles. The Kier molecular flexibility index (Phi) is 4.62. The zero-order valence-corrected chi connectivity index (χ0v) is 16.2. The summed E-state index contributed by atoms with van der Waals surface area (Å²) in [7, 11) is 0. The second-order valence-corrected chi connectivity index (χ2v) is 7.52. The summed E-state index contributed by atoms with van der Waals surface area (Å²) >= 11 is 1.28. The van der Waals surface area contributed by atoms with Gasteiger partial charge in [-0.3, -0.25) is 4.79 Å². The third-order valence-electron chi connectivity index (χ3n) is 4.37. The molecule has 5 nitrogen and oxygen atoms in total. The van der Waals surface area contributed by atoms with E-state index in [1.54, 1.807) is 23.6 Å². The van der Waals surface area contributed by atoms with Crippen LogP contribution in [0, 0.1) is 13.8 Å². The van der Waals surface area contributed by atoms with Crippen molar-refractivity contribution >= 4 is 28.6 Å². The van der Waals surface area contributed by atoms with E-state index in [1.165, 1.54) is 17.4 Å². The quantitative estimate of drug-likeness (QED) is 0.490. The van der Waals surface area contributed by atoms with Crippen LogP contribution in [-0.4, -0.2) is 20.5 Å². The van der Waals surface area contributed by atoms with Crippen LogP contribution in [0.25, 0.3) is 16.2 Å². The van der Waals surface area contributed by atoms with Crippen molar-refractivity contribution in [3.8, 4) is 10.6 Å². The summed E-state index contributed by atoms with van der Waals surface area (Å²) in [5, 5.41) is 8.34. The van der Waals surface area contributed by atoms with Crippen LogP contribution in [0.3, 0.4) is 0 Å². The van der Waals surface area contributed by atoms with Crippen molar-refractivity contribution < 1.29 is 18.0 Å². The number of aromatic nitrogens is 3. The highest BCUT2D eigenvalue weighted by molar-refractivity contribution is 7.13. The standard InChI is InChI=1S/C20H15F3N4OS/c1-11-5-6-12(2)13(8-11)25-19(28)15-10-18-24-14(16-4-3-7-29-16)9-17(20(21,22)23)27(18)26-15/h3-10H,1-2H3,(H,25,28). The lowest BCUT2D eigenvalue weighted by atomic mass is 10.1. The summed E-state index contributed by atoms with van der Waals surface area (Å²) in [4.78, 5) is 17.5. The normalized spacial score (nSPS) is 11.8. The van der Waals surface area contributed by atoms with E-state index in [-0.39, 0.29) is 17.0 Å².